The van der Waals surface area contributed by atoms with E-state index in [2.05, 4.69) is 132 Å². The fraction of sp³-hybridized carbons (Fsp3) is 0.235. The molecule has 1 unspecified atom stereocenters. The maximum atomic E-state index is 5.02. The van der Waals surface area contributed by atoms with Crippen LogP contribution in [0.15, 0.2) is 143 Å². The molecule has 4 nitrogen and oxygen atoms in total. The van der Waals surface area contributed by atoms with Crippen molar-refractivity contribution in [1.29, 1.82) is 0 Å². The van der Waals surface area contributed by atoms with Crippen molar-refractivity contribution < 1.29 is 0 Å². The Morgan fingerprint density at radius 1 is 0.500 bits per heavy atom. The van der Waals surface area contributed by atoms with Crippen LogP contribution in [0.5, 0.6) is 0 Å². The minimum Gasteiger partial charge on any atom is -0.374 e. The van der Waals surface area contributed by atoms with Crippen LogP contribution in [0.3, 0.4) is 0 Å². The summed E-state index contributed by atoms with van der Waals surface area (Å²) in [6.07, 6.45) is 25.5. The second-order valence-corrected chi connectivity index (χ2v) is 9.66. The van der Waals surface area contributed by atoms with Gasteiger partial charge in [-0.3, -0.25) is 9.98 Å². The van der Waals surface area contributed by atoms with Gasteiger partial charge >= 0.3 is 0 Å². The Hall–Kier alpha value is -4.18. The van der Waals surface area contributed by atoms with E-state index in [1.807, 2.05) is 0 Å². The Morgan fingerprint density at radius 2 is 0.947 bits per heavy atom. The highest BCUT2D eigenvalue weighted by molar-refractivity contribution is 6.09. The summed E-state index contributed by atoms with van der Waals surface area (Å²) in [4.78, 5) is 10.0. The molecule has 0 saturated heterocycles. The normalized spacial score (nSPS) is 22.2. The van der Waals surface area contributed by atoms with Crippen molar-refractivity contribution >= 4 is 11.4 Å². The molecule has 0 aromatic heterocycles. The zero-order valence-corrected chi connectivity index (χ0v) is 21.8. The first-order valence-electron chi connectivity index (χ1n) is 13.7. The van der Waals surface area contributed by atoms with Crippen LogP contribution in [0, 0.1) is 0 Å². The topological polar surface area (TPSA) is 48.8 Å². The van der Waals surface area contributed by atoms with Crippen LogP contribution in [0.1, 0.15) is 48.9 Å². The average molecular weight is 501 g/mol. The van der Waals surface area contributed by atoms with Crippen LogP contribution in [-0.2, 0) is 0 Å². The molecule has 1 heterocycles. The summed E-state index contributed by atoms with van der Waals surface area (Å²) in [5.74, 6) is 0. The minimum atomic E-state index is -0.0683. The summed E-state index contributed by atoms with van der Waals surface area (Å²) in [6.45, 7) is 1.65. The Balaban J connectivity index is 1.62. The van der Waals surface area contributed by atoms with E-state index in [0.717, 1.165) is 61.6 Å². The number of hydrogen-bond acceptors (Lipinski definition) is 4. The summed E-state index contributed by atoms with van der Waals surface area (Å²) < 4.78 is 0. The highest BCUT2D eigenvalue weighted by atomic mass is 15.1. The molecule has 3 aliphatic rings. The molecule has 2 atom stereocenters. The summed E-state index contributed by atoms with van der Waals surface area (Å²) >= 11 is 0. The number of hydrogen-bond donors (Lipinski definition) is 2. The highest BCUT2D eigenvalue weighted by Crippen LogP contribution is 2.32. The predicted molar refractivity (Wildman–Crippen MR) is 160 cm³/mol. The summed E-state index contributed by atoms with van der Waals surface area (Å²) in [5.41, 5.74) is 6.45. The molecule has 0 fully saturated rings. The van der Waals surface area contributed by atoms with Gasteiger partial charge in [0.1, 0.15) is 0 Å². The Labute approximate surface area is 226 Å². The first-order valence-corrected chi connectivity index (χ1v) is 13.7. The monoisotopic (exact) mass is 500 g/mol. The van der Waals surface area contributed by atoms with E-state index in [1.54, 1.807) is 0 Å². The van der Waals surface area contributed by atoms with Crippen LogP contribution in [0.2, 0.25) is 0 Å². The lowest BCUT2D eigenvalue weighted by atomic mass is 9.92. The molecule has 2 aromatic rings. The summed E-state index contributed by atoms with van der Waals surface area (Å²) in [6, 6.07) is 21.2. The van der Waals surface area contributed by atoms with Gasteiger partial charge in [-0.15, -0.1) is 0 Å². The smallest absolute Gasteiger partial charge is 0.0805 e. The lowest BCUT2D eigenvalue weighted by Gasteiger charge is -2.33. The van der Waals surface area contributed by atoms with Crippen molar-refractivity contribution in [2.75, 3.05) is 13.1 Å². The van der Waals surface area contributed by atoms with Gasteiger partial charge in [-0.25, -0.2) is 0 Å². The van der Waals surface area contributed by atoms with E-state index in [1.165, 1.54) is 11.1 Å². The second kappa shape index (κ2) is 13.4. The van der Waals surface area contributed by atoms with Gasteiger partial charge in [0.2, 0.25) is 0 Å². The van der Waals surface area contributed by atoms with Gasteiger partial charge in [-0.2, -0.15) is 0 Å². The van der Waals surface area contributed by atoms with Gasteiger partial charge in [-0.05, 0) is 48.3 Å². The lowest BCUT2D eigenvalue weighted by molar-refractivity contribution is 0.448. The van der Waals surface area contributed by atoms with Crippen molar-refractivity contribution in [3.05, 3.63) is 144 Å². The molecule has 0 bridgehead atoms. The predicted octanol–water partition coefficient (Wildman–Crippen LogP) is 7.12. The van der Waals surface area contributed by atoms with Crippen molar-refractivity contribution in [2.45, 2.75) is 37.8 Å². The molecular formula is C34H36N4. The maximum Gasteiger partial charge on any atom is 0.0805 e. The molecule has 0 amide bonds. The number of allylic oxidation sites excluding steroid dienone is 10. The van der Waals surface area contributed by atoms with Gasteiger partial charge in [0.05, 0.1) is 34.9 Å². The number of aliphatic imine (C=N–C) groups is 2. The lowest BCUT2D eigenvalue weighted by Crippen LogP contribution is -2.37. The molecule has 2 aliphatic carbocycles. The Morgan fingerprint density at radius 3 is 1.39 bits per heavy atom. The number of nitrogens with one attached hydrogen (secondary N) is 2. The molecule has 5 rings (SSSR count). The van der Waals surface area contributed by atoms with Crippen LogP contribution in [-0.4, -0.2) is 24.5 Å². The van der Waals surface area contributed by atoms with Gasteiger partial charge in [0.25, 0.3) is 0 Å². The third-order valence-corrected chi connectivity index (χ3v) is 6.93. The van der Waals surface area contributed by atoms with E-state index in [-0.39, 0.29) is 12.1 Å². The number of benzene rings is 2. The summed E-state index contributed by atoms with van der Waals surface area (Å²) in [5, 5.41) is 7.83. The molecule has 0 saturated carbocycles. The number of fused-ring (bicyclic) bond motifs is 2. The van der Waals surface area contributed by atoms with Crippen molar-refractivity contribution in [3.63, 3.8) is 0 Å². The quantitative estimate of drug-likeness (QED) is 0.461. The standard InChI is InChI=1S/C34H36N4/c1-2-16-26-36-30-22-12-6-14-24-32(30)38-34(28-19-9-4-10-20-28)33(27-17-7-3-8-18-27)37-31-23-13-5-11-21-29(31)35-25-15-1/h3-14,17-24,33-34,37-38H,1-2,15-16,25-26H2/t33-,34?/m0/s1. The SMILES string of the molecule is C1=CC=C2NC(c3ccccc3)[C@H](c3ccccc3)NC3=CC=CC=CC3=NCCCCCCN=C2C=C1. The van der Waals surface area contributed by atoms with Gasteiger partial charge in [-0.1, -0.05) is 110 Å². The third-order valence-electron chi connectivity index (χ3n) is 6.93. The van der Waals surface area contributed by atoms with E-state index < -0.39 is 0 Å². The number of nitrogens with zero attached hydrogens (tertiary/aromatic N) is 2. The average Bonchev–Trinajstić information content (AvgIpc) is 3.32. The zero-order valence-electron chi connectivity index (χ0n) is 21.8. The Kier molecular flexibility index (Phi) is 8.97. The van der Waals surface area contributed by atoms with Crippen molar-refractivity contribution in [1.82, 2.24) is 10.6 Å². The molecule has 0 spiro atoms. The van der Waals surface area contributed by atoms with E-state index in [0.29, 0.717) is 0 Å². The van der Waals surface area contributed by atoms with Crippen molar-refractivity contribution in [2.24, 2.45) is 9.98 Å². The number of rotatable bonds is 2. The van der Waals surface area contributed by atoms with Crippen LogP contribution < -0.4 is 10.6 Å². The molecule has 2 aromatic carbocycles. The first-order chi connectivity index (χ1) is 18.9. The fourth-order valence-corrected chi connectivity index (χ4v) is 4.95. The summed E-state index contributed by atoms with van der Waals surface area (Å²) in [7, 11) is 0. The molecule has 2 N–H and O–H groups in total. The van der Waals surface area contributed by atoms with E-state index >= 15 is 0 Å². The van der Waals surface area contributed by atoms with Gasteiger partial charge in [0, 0.05) is 13.1 Å². The molecule has 192 valence electrons. The molecule has 4 heteroatoms. The van der Waals surface area contributed by atoms with Gasteiger partial charge in [0.15, 0.2) is 0 Å². The van der Waals surface area contributed by atoms with Crippen LogP contribution in [0.4, 0.5) is 0 Å². The molecular weight excluding hydrogens is 464 g/mol. The minimum absolute atomic E-state index is 0.0683. The molecule has 0 radical (unpaired) electrons. The highest BCUT2D eigenvalue weighted by Gasteiger charge is 2.28. The van der Waals surface area contributed by atoms with Crippen LogP contribution >= 0.6 is 0 Å². The maximum absolute atomic E-state index is 5.02. The Bertz CT molecular complexity index is 1200. The first kappa shape index (κ1) is 25.5. The largest absolute Gasteiger partial charge is 0.374 e. The van der Waals surface area contributed by atoms with E-state index in [9.17, 15) is 0 Å². The second-order valence-electron chi connectivity index (χ2n) is 9.66. The fourth-order valence-electron chi connectivity index (χ4n) is 4.95. The van der Waals surface area contributed by atoms with Crippen LogP contribution in [0.25, 0.3) is 0 Å². The molecule has 1 aliphatic heterocycles. The third kappa shape index (κ3) is 6.77. The molecule has 38 heavy (non-hydrogen) atoms. The van der Waals surface area contributed by atoms with E-state index in [4.69, 9.17) is 9.98 Å². The van der Waals surface area contributed by atoms with Crippen molar-refractivity contribution in [3.8, 4) is 0 Å². The zero-order chi connectivity index (χ0) is 25.8. The van der Waals surface area contributed by atoms with Gasteiger partial charge < -0.3 is 10.6 Å².